The number of anilines is 1. The molecule has 0 unspecified atom stereocenters. The van der Waals surface area contributed by atoms with Crippen molar-refractivity contribution in [3.8, 4) is 6.07 Å². The van der Waals surface area contributed by atoms with E-state index in [0.717, 1.165) is 0 Å². The van der Waals surface area contributed by atoms with Crippen LogP contribution in [0.3, 0.4) is 0 Å². The van der Waals surface area contributed by atoms with Crippen LogP contribution in [0.15, 0.2) is 24.3 Å². The molecule has 1 aromatic carbocycles. The number of nitriles is 1. The first-order valence-corrected chi connectivity index (χ1v) is 5.66. The van der Waals surface area contributed by atoms with E-state index in [-0.39, 0.29) is 12.5 Å². The maximum absolute atomic E-state index is 11.8. The fraction of sp³-hybridized carbons (Fsp3) is 0.308. The number of carbonyl (C=O) groups is 2. The minimum absolute atomic E-state index is 0.270. The fourth-order valence-electron chi connectivity index (χ4n) is 1.38. The van der Waals surface area contributed by atoms with Crippen LogP contribution in [-0.4, -0.2) is 37.6 Å². The monoisotopic (exact) mass is 261 g/mol. The molecule has 100 valence electrons. The third-order valence-electron chi connectivity index (χ3n) is 2.44. The molecule has 0 bridgehead atoms. The number of methoxy groups -OCH3 is 1. The Hall–Kier alpha value is -2.55. The maximum Gasteiger partial charge on any atom is 0.337 e. The zero-order chi connectivity index (χ0) is 14.3. The molecule has 0 radical (unpaired) electrons. The molecule has 0 saturated carbocycles. The molecule has 0 aromatic heterocycles. The number of hydrogen-bond acceptors (Lipinski definition) is 4. The molecular weight excluding hydrogens is 246 g/mol. The van der Waals surface area contributed by atoms with Crippen molar-refractivity contribution in [2.24, 2.45) is 0 Å². The van der Waals surface area contributed by atoms with Gasteiger partial charge in [-0.2, -0.15) is 5.26 Å². The number of benzene rings is 1. The Kier molecular flexibility index (Phi) is 5.35. The third kappa shape index (κ3) is 4.32. The van der Waals surface area contributed by atoms with Gasteiger partial charge in [0.2, 0.25) is 0 Å². The lowest BCUT2D eigenvalue weighted by Crippen LogP contribution is -2.32. The van der Waals surface area contributed by atoms with Crippen molar-refractivity contribution < 1.29 is 14.3 Å². The van der Waals surface area contributed by atoms with Gasteiger partial charge in [-0.25, -0.2) is 9.59 Å². The van der Waals surface area contributed by atoms with Crippen molar-refractivity contribution in [3.63, 3.8) is 0 Å². The molecule has 0 fully saturated rings. The molecule has 6 nitrogen and oxygen atoms in total. The summed E-state index contributed by atoms with van der Waals surface area (Å²) in [5.41, 5.74) is 0.858. The number of hydrogen-bond donors (Lipinski definition) is 1. The number of urea groups is 1. The van der Waals surface area contributed by atoms with Crippen molar-refractivity contribution in [3.05, 3.63) is 29.8 Å². The summed E-state index contributed by atoms with van der Waals surface area (Å²) in [6.07, 6.45) is 0.270. The summed E-state index contributed by atoms with van der Waals surface area (Å²) in [7, 11) is 2.89. The number of amides is 2. The van der Waals surface area contributed by atoms with Crippen LogP contribution in [0, 0.1) is 11.3 Å². The SMILES string of the molecule is COC(=O)c1cccc(NC(=O)N(C)CCC#N)c1. The summed E-state index contributed by atoms with van der Waals surface area (Å²) in [6, 6.07) is 8.08. The van der Waals surface area contributed by atoms with Crippen molar-refractivity contribution in [1.82, 2.24) is 4.90 Å². The fourth-order valence-corrected chi connectivity index (χ4v) is 1.38. The van der Waals surface area contributed by atoms with Crippen LogP contribution in [0.4, 0.5) is 10.5 Å². The van der Waals surface area contributed by atoms with Gasteiger partial charge in [0.25, 0.3) is 0 Å². The molecule has 1 N–H and O–H groups in total. The highest BCUT2D eigenvalue weighted by Gasteiger charge is 2.10. The van der Waals surface area contributed by atoms with Gasteiger partial charge >= 0.3 is 12.0 Å². The summed E-state index contributed by atoms with van der Waals surface area (Å²) < 4.78 is 4.60. The molecule has 2 amide bonds. The number of rotatable bonds is 4. The highest BCUT2D eigenvalue weighted by atomic mass is 16.5. The van der Waals surface area contributed by atoms with Gasteiger partial charge in [-0.3, -0.25) is 0 Å². The van der Waals surface area contributed by atoms with Gasteiger partial charge in [0, 0.05) is 19.3 Å². The second-order valence-electron chi connectivity index (χ2n) is 3.83. The van der Waals surface area contributed by atoms with Gasteiger partial charge in [0.05, 0.1) is 25.2 Å². The van der Waals surface area contributed by atoms with E-state index in [1.807, 2.05) is 6.07 Å². The summed E-state index contributed by atoms with van der Waals surface area (Å²) >= 11 is 0. The van der Waals surface area contributed by atoms with Crippen LogP contribution in [-0.2, 0) is 4.74 Å². The highest BCUT2D eigenvalue weighted by molar-refractivity contribution is 5.93. The van der Waals surface area contributed by atoms with E-state index in [1.165, 1.54) is 18.1 Å². The Bertz CT molecular complexity index is 508. The van der Waals surface area contributed by atoms with E-state index in [2.05, 4.69) is 10.1 Å². The van der Waals surface area contributed by atoms with Gasteiger partial charge < -0.3 is 15.0 Å². The zero-order valence-electron chi connectivity index (χ0n) is 10.8. The van der Waals surface area contributed by atoms with E-state index in [9.17, 15) is 9.59 Å². The minimum Gasteiger partial charge on any atom is -0.465 e. The Balaban J connectivity index is 2.69. The summed E-state index contributed by atoms with van der Waals surface area (Å²) in [5, 5.41) is 11.1. The van der Waals surface area contributed by atoms with Crippen molar-refractivity contribution in [1.29, 1.82) is 5.26 Å². The van der Waals surface area contributed by atoms with Crippen LogP contribution in [0.1, 0.15) is 16.8 Å². The maximum atomic E-state index is 11.8. The first kappa shape index (κ1) is 14.5. The predicted octanol–water partition coefficient (Wildman–Crippen LogP) is 1.85. The van der Waals surface area contributed by atoms with E-state index < -0.39 is 5.97 Å². The number of nitrogens with one attached hydrogen (secondary N) is 1. The Morgan fingerprint density at radius 1 is 1.47 bits per heavy atom. The van der Waals surface area contributed by atoms with Gasteiger partial charge in [0.15, 0.2) is 0 Å². The zero-order valence-corrected chi connectivity index (χ0v) is 10.8. The lowest BCUT2D eigenvalue weighted by molar-refractivity contribution is 0.0600. The van der Waals surface area contributed by atoms with E-state index in [4.69, 9.17) is 5.26 Å². The smallest absolute Gasteiger partial charge is 0.337 e. The third-order valence-corrected chi connectivity index (χ3v) is 2.44. The van der Waals surface area contributed by atoms with Crippen LogP contribution in [0.2, 0.25) is 0 Å². The van der Waals surface area contributed by atoms with Crippen molar-refractivity contribution >= 4 is 17.7 Å². The van der Waals surface area contributed by atoms with E-state index >= 15 is 0 Å². The van der Waals surface area contributed by atoms with Gasteiger partial charge in [-0.15, -0.1) is 0 Å². The normalized spacial score (nSPS) is 9.32. The Labute approximate surface area is 111 Å². The molecular formula is C13H15N3O3. The second-order valence-corrected chi connectivity index (χ2v) is 3.83. The summed E-state index contributed by atoms with van der Waals surface area (Å²) in [6.45, 7) is 0.346. The molecule has 0 atom stereocenters. The molecule has 1 aromatic rings. The van der Waals surface area contributed by atoms with E-state index in [1.54, 1.807) is 25.2 Å². The van der Waals surface area contributed by atoms with Crippen molar-refractivity contribution in [2.45, 2.75) is 6.42 Å². The molecule has 0 aliphatic rings. The van der Waals surface area contributed by atoms with E-state index in [0.29, 0.717) is 17.8 Å². The van der Waals surface area contributed by atoms with Crippen LogP contribution in [0.5, 0.6) is 0 Å². The standard InChI is InChI=1S/C13H15N3O3/c1-16(8-4-7-14)13(18)15-11-6-3-5-10(9-11)12(17)19-2/h3,5-6,9H,4,8H2,1-2H3,(H,15,18). The molecule has 0 spiro atoms. The van der Waals surface area contributed by atoms with Gasteiger partial charge in [0.1, 0.15) is 0 Å². The molecule has 0 saturated heterocycles. The topological polar surface area (TPSA) is 82.4 Å². The first-order valence-electron chi connectivity index (χ1n) is 5.66. The van der Waals surface area contributed by atoms with Crippen LogP contribution in [0.25, 0.3) is 0 Å². The van der Waals surface area contributed by atoms with Gasteiger partial charge in [-0.1, -0.05) is 6.07 Å². The van der Waals surface area contributed by atoms with Gasteiger partial charge in [-0.05, 0) is 18.2 Å². The predicted molar refractivity (Wildman–Crippen MR) is 69.7 cm³/mol. The quantitative estimate of drug-likeness (QED) is 0.838. The largest absolute Gasteiger partial charge is 0.465 e. The lowest BCUT2D eigenvalue weighted by atomic mass is 10.2. The molecule has 6 heteroatoms. The van der Waals surface area contributed by atoms with Crippen molar-refractivity contribution in [2.75, 3.05) is 26.0 Å². The Morgan fingerprint density at radius 2 is 2.21 bits per heavy atom. The molecule has 0 aliphatic carbocycles. The average molecular weight is 261 g/mol. The summed E-state index contributed by atoms with van der Waals surface area (Å²) in [4.78, 5) is 24.5. The number of carbonyl (C=O) groups excluding carboxylic acids is 2. The first-order chi connectivity index (χ1) is 9.08. The molecule has 0 aliphatic heterocycles. The number of esters is 1. The lowest BCUT2D eigenvalue weighted by Gasteiger charge is -2.16. The number of nitrogens with zero attached hydrogens (tertiary/aromatic N) is 2. The van der Waals surface area contributed by atoms with Crippen LogP contribution >= 0.6 is 0 Å². The minimum atomic E-state index is -0.464. The molecule has 0 heterocycles. The molecule has 1 rings (SSSR count). The highest BCUT2D eigenvalue weighted by Crippen LogP contribution is 2.12. The second kappa shape index (κ2) is 7.01. The van der Waals surface area contributed by atoms with Crippen LogP contribution < -0.4 is 5.32 Å². The summed E-state index contributed by atoms with van der Waals surface area (Å²) in [5.74, 6) is -0.464. The molecule has 19 heavy (non-hydrogen) atoms. The average Bonchev–Trinajstić information content (AvgIpc) is 2.44. The Morgan fingerprint density at radius 3 is 2.84 bits per heavy atom. The number of ether oxygens (including phenoxy) is 1.